The van der Waals surface area contributed by atoms with E-state index in [9.17, 15) is 9.59 Å². The molecule has 0 aromatic heterocycles. The van der Waals surface area contributed by atoms with Gasteiger partial charge in [-0.3, -0.25) is 9.59 Å². The van der Waals surface area contributed by atoms with Gasteiger partial charge in [0.25, 0.3) is 0 Å². The van der Waals surface area contributed by atoms with Crippen molar-refractivity contribution < 1.29 is 19.8 Å². The molecule has 0 spiro atoms. The van der Waals surface area contributed by atoms with E-state index in [0.717, 1.165) is 0 Å². The number of hydrogen-bond acceptors (Lipinski definition) is 2. The Morgan fingerprint density at radius 3 is 1.46 bits per heavy atom. The second-order valence-corrected chi connectivity index (χ2v) is 5.89. The topological polar surface area (TPSA) is 74.6 Å². The van der Waals surface area contributed by atoms with Crippen LogP contribution in [-0.2, 0) is 9.59 Å². The Hall–Kier alpha value is 0.400. The van der Waals surface area contributed by atoms with E-state index in [2.05, 4.69) is 0 Å². The molecule has 1 aliphatic rings. The van der Waals surface area contributed by atoms with Crippen molar-refractivity contribution in [3.05, 3.63) is 0 Å². The molecule has 0 amide bonds. The van der Waals surface area contributed by atoms with E-state index in [-0.39, 0.29) is 14.3 Å². The molecule has 1 fully saturated rings. The average molecular weight is 410 g/mol. The fraction of sp³-hybridized carbons (Fsp3) is 0.714. The molecule has 6 heteroatoms. The first-order chi connectivity index (χ1) is 5.95. The number of halogens is 2. The quantitative estimate of drug-likeness (QED) is 0.534. The van der Waals surface area contributed by atoms with Crippen LogP contribution in [0.2, 0.25) is 0 Å². The van der Waals surface area contributed by atoms with Gasteiger partial charge in [-0.1, -0.05) is 45.2 Å². The van der Waals surface area contributed by atoms with Crippen molar-refractivity contribution >= 4 is 57.1 Å². The van der Waals surface area contributed by atoms with Crippen molar-refractivity contribution in [2.75, 3.05) is 0 Å². The summed E-state index contributed by atoms with van der Waals surface area (Å²) in [6.45, 7) is 0. The molecule has 4 unspecified atom stereocenters. The summed E-state index contributed by atoms with van der Waals surface area (Å²) < 4.78 is -0.173. The van der Waals surface area contributed by atoms with Crippen LogP contribution >= 0.6 is 45.2 Å². The maximum absolute atomic E-state index is 10.7. The van der Waals surface area contributed by atoms with Crippen LogP contribution in [0, 0.1) is 11.8 Å². The van der Waals surface area contributed by atoms with Crippen molar-refractivity contribution in [1.82, 2.24) is 0 Å². The molecule has 0 heterocycles. The Balaban J connectivity index is 2.78. The van der Waals surface area contributed by atoms with E-state index >= 15 is 0 Å². The SMILES string of the molecule is O=C(O)C1CC(C(=O)O)C(I)C1I. The highest BCUT2D eigenvalue weighted by atomic mass is 127. The van der Waals surface area contributed by atoms with Crippen LogP contribution in [0.25, 0.3) is 0 Å². The normalized spacial score (nSPS) is 38.9. The number of alkyl halides is 2. The van der Waals surface area contributed by atoms with E-state index in [1.165, 1.54) is 0 Å². The molecule has 0 radical (unpaired) electrons. The van der Waals surface area contributed by atoms with E-state index in [1.807, 2.05) is 45.2 Å². The minimum Gasteiger partial charge on any atom is -0.481 e. The third-order valence-corrected chi connectivity index (χ3v) is 6.88. The molecule has 0 aromatic rings. The first kappa shape index (κ1) is 11.5. The standard InChI is InChI=1S/C7H8I2O4/c8-4-2(6(10)11)1-3(5(4)9)7(12)13/h2-5H,1H2,(H,10,11)(H,12,13). The van der Waals surface area contributed by atoms with Crippen LogP contribution in [0.4, 0.5) is 0 Å². The number of carboxylic acids is 2. The van der Waals surface area contributed by atoms with Gasteiger partial charge in [-0.25, -0.2) is 0 Å². The van der Waals surface area contributed by atoms with Crippen molar-refractivity contribution in [1.29, 1.82) is 0 Å². The van der Waals surface area contributed by atoms with Gasteiger partial charge in [0, 0.05) is 7.85 Å². The lowest BCUT2D eigenvalue weighted by Crippen LogP contribution is -2.24. The molecule has 1 aliphatic carbocycles. The molecule has 4 atom stereocenters. The Kier molecular flexibility index (Phi) is 3.78. The van der Waals surface area contributed by atoms with Gasteiger partial charge in [0.2, 0.25) is 0 Å². The molecular weight excluding hydrogens is 402 g/mol. The van der Waals surface area contributed by atoms with Crippen LogP contribution in [-0.4, -0.2) is 30.0 Å². The largest absolute Gasteiger partial charge is 0.481 e. The second kappa shape index (κ2) is 4.28. The molecule has 1 rings (SSSR count). The predicted molar refractivity (Wildman–Crippen MR) is 62.5 cm³/mol. The molecular formula is C7H8I2O4. The zero-order valence-electron chi connectivity index (χ0n) is 6.48. The van der Waals surface area contributed by atoms with Crippen LogP contribution in [0.3, 0.4) is 0 Å². The summed E-state index contributed by atoms with van der Waals surface area (Å²) in [5.74, 6) is -2.79. The highest BCUT2D eigenvalue weighted by molar-refractivity contribution is 14.1. The summed E-state index contributed by atoms with van der Waals surface area (Å²) in [6, 6.07) is 0. The smallest absolute Gasteiger partial charge is 0.307 e. The lowest BCUT2D eigenvalue weighted by molar-refractivity contribution is -0.142. The lowest BCUT2D eigenvalue weighted by Gasteiger charge is -2.11. The minimum absolute atomic E-state index is 0.0863. The summed E-state index contributed by atoms with van der Waals surface area (Å²) >= 11 is 4.06. The molecule has 0 saturated heterocycles. The van der Waals surface area contributed by atoms with Crippen LogP contribution in [0.1, 0.15) is 6.42 Å². The lowest BCUT2D eigenvalue weighted by atomic mass is 10.1. The predicted octanol–water partition coefficient (Wildman–Crippen LogP) is 1.40. The van der Waals surface area contributed by atoms with Gasteiger partial charge >= 0.3 is 11.9 Å². The maximum atomic E-state index is 10.7. The van der Waals surface area contributed by atoms with Gasteiger partial charge in [-0.05, 0) is 6.42 Å². The molecule has 2 N–H and O–H groups in total. The molecule has 13 heavy (non-hydrogen) atoms. The molecule has 4 nitrogen and oxygen atoms in total. The van der Waals surface area contributed by atoms with Crippen molar-refractivity contribution in [2.45, 2.75) is 14.3 Å². The van der Waals surface area contributed by atoms with Gasteiger partial charge in [0.05, 0.1) is 11.8 Å². The Morgan fingerprint density at radius 1 is 1.00 bits per heavy atom. The maximum Gasteiger partial charge on any atom is 0.307 e. The second-order valence-electron chi connectivity index (χ2n) is 3.01. The summed E-state index contributed by atoms with van der Waals surface area (Å²) in [4.78, 5) is 21.4. The Labute approximate surface area is 102 Å². The van der Waals surface area contributed by atoms with Gasteiger partial charge in [0.1, 0.15) is 0 Å². The Bertz CT molecular complexity index is 219. The molecule has 1 saturated carbocycles. The van der Waals surface area contributed by atoms with Gasteiger partial charge in [-0.15, -0.1) is 0 Å². The number of carbonyl (C=O) groups is 2. The zero-order chi connectivity index (χ0) is 10.2. The molecule has 0 aliphatic heterocycles. The summed E-state index contributed by atoms with van der Waals surface area (Å²) in [5.41, 5.74) is 0. The number of carboxylic acid groups (broad SMARTS) is 2. The molecule has 74 valence electrons. The average Bonchev–Trinajstić information content (AvgIpc) is 2.29. The van der Waals surface area contributed by atoms with E-state index < -0.39 is 23.8 Å². The Morgan fingerprint density at radius 2 is 1.31 bits per heavy atom. The number of hydrogen-bond donors (Lipinski definition) is 2. The van der Waals surface area contributed by atoms with Crippen LogP contribution < -0.4 is 0 Å². The first-order valence-corrected chi connectivity index (χ1v) is 6.18. The van der Waals surface area contributed by atoms with Crippen molar-refractivity contribution in [2.24, 2.45) is 11.8 Å². The third kappa shape index (κ3) is 2.25. The summed E-state index contributed by atoms with van der Waals surface area (Å²) in [5, 5.41) is 17.6. The van der Waals surface area contributed by atoms with Gasteiger partial charge in [0.15, 0.2) is 0 Å². The summed E-state index contributed by atoms with van der Waals surface area (Å²) in [6.07, 6.45) is 0.256. The fourth-order valence-corrected chi connectivity index (χ4v) is 3.66. The van der Waals surface area contributed by atoms with E-state index in [4.69, 9.17) is 10.2 Å². The number of rotatable bonds is 2. The minimum atomic E-state index is -0.884. The summed E-state index contributed by atoms with van der Waals surface area (Å²) in [7, 11) is 0. The van der Waals surface area contributed by atoms with E-state index in [0.29, 0.717) is 0 Å². The third-order valence-electron chi connectivity index (χ3n) is 2.22. The van der Waals surface area contributed by atoms with Crippen LogP contribution in [0.5, 0.6) is 0 Å². The highest BCUT2D eigenvalue weighted by Crippen LogP contribution is 2.41. The molecule has 0 bridgehead atoms. The monoisotopic (exact) mass is 410 g/mol. The fourth-order valence-electron chi connectivity index (χ4n) is 1.45. The van der Waals surface area contributed by atoms with Crippen molar-refractivity contribution in [3.8, 4) is 0 Å². The number of aliphatic carboxylic acids is 2. The first-order valence-electron chi connectivity index (χ1n) is 3.69. The van der Waals surface area contributed by atoms with Gasteiger partial charge < -0.3 is 10.2 Å². The van der Waals surface area contributed by atoms with Gasteiger partial charge in [-0.2, -0.15) is 0 Å². The zero-order valence-corrected chi connectivity index (χ0v) is 10.8. The van der Waals surface area contributed by atoms with Crippen molar-refractivity contribution in [3.63, 3.8) is 0 Å². The van der Waals surface area contributed by atoms with Crippen LogP contribution in [0.15, 0.2) is 0 Å². The molecule has 0 aromatic carbocycles. The highest BCUT2D eigenvalue weighted by Gasteiger charge is 2.47. The van der Waals surface area contributed by atoms with E-state index in [1.54, 1.807) is 0 Å².